The van der Waals surface area contributed by atoms with E-state index in [-0.39, 0.29) is 24.3 Å². The van der Waals surface area contributed by atoms with Gasteiger partial charge in [-0.15, -0.1) is 0 Å². The van der Waals surface area contributed by atoms with E-state index in [2.05, 4.69) is 15.8 Å². The zero-order valence-corrected chi connectivity index (χ0v) is 12.2. The van der Waals surface area contributed by atoms with Crippen LogP contribution in [0.1, 0.15) is 26.6 Å². The average molecular weight is 321 g/mol. The van der Waals surface area contributed by atoms with Crippen LogP contribution in [0.2, 0.25) is 0 Å². The molecule has 9 nitrogen and oxygen atoms in total. The normalized spacial score (nSPS) is 10.3. The molecule has 1 aromatic carbocycles. The average Bonchev–Trinajstić information content (AvgIpc) is 2.94. The first kappa shape index (κ1) is 16.1. The van der Waals surface area contributed by atoms with Gasteiger partial charge in [-0.1, -0.05) is 5.16 Å². The van der Waals surface area contributed by atoms with Crippen molar-refractivity contribution >= 4 is 11.8 Å². The highest BCUT2D eigenvalue weighted by atomic mass is 16.5. The van der Waals surface area contributed by atoms with Gasteiger partial charge in [-0.3, -0.25) is 9.59 Å². The fourth-order valence-corrected chi connectivity index (χ4v) is 1.75. The number of rotatable bonds is 5. The van der Waals surface area contributed by atoms with Crippen LogP contribution in [0.4, 0.5) is 0 Å². The third-order valence-corrected chi connectivity index (χ3v) is 2.89. The standard InChI is InChI=1S/C14H15N3O6/c1-7-4-9(17-23-7)14(22)16-3-2-15-13(21)8-5-10(18)12(20)11(19)6-8/h4-6,18-20H,2-3H2,1H3,(H,15,21)(H,16,22). The second-order valence-electron chi connectivity index (χ2n) is 4.70. The summed E-state index contributed by atoms with van der Waals surface area (Å²) in [7, 11) is 0. The van der Waals surface area contributed by atoms with Crippen molar-refractivity contribution < 1.29 is 29.4 Å². The molecule has 0 aliphatic heterocycles. The van der Waals surface area contributed by atoms with Crippen molar-refractivity contribution in [2.75, 3.05) is 13.1 Å². The molecular formula is C14H15N3O6. The first-order chi connectivity index (χ1) is 10.9. The molecule has 0 atom stereocenters. The molecule has 122 valence electrons. The van der Waals surface area contributed by atoms with Crippen LogP contribution in [0.3, 0.4) is 0 Å². The quantitative estimate of drug-likeness (QED) is 0.392. The van der Waals surface area contributed by atoms with E-state index in [0.29, 0.717) is 5.76 Å². The van der Waals surface area contributed by atoms with Crippen molar-refractivity contribution in [3.63, 3.8) is 0 Å². The van der Waals surface area contributed by atoms with Crippen LogP contribution in [0.5, 0.6) is 17.2 Å². The van der Waals surface area contributed by atoms with Crippen molar-refractivity contribution in [3.05, 3.63) is 35.2 Å². The molecular weight excluding hydrogens is 306 g/mol. The number of phenols is 3. The smallest absolute Gasteiger partial charge is 0.273 e. The number of aromatic hydroxyl groups is 3. The van der Waals surface area contributed by atoms with E-state index < -0.39 is 29.1 Å². The molecule has 2 aromatic rings. The van der Waals surface area contributed by atoms with Crippen LogP contribution in [0, 0.1) is 6.92 Å². The molecule has 5 N–H and O–H groups in total. The summed E-state index contributed by atoms with van der Waals surface area (Å²) in [6.07, 6.45) is 0. The minimum atomic E-state index is -0.697. The predicted octanol–water partition coefficient (Wildman–Crippen LogP) is 0.260. The number of aromatic nitrogens is 1. The van der Waals surface area contributed by atoms with Gasteiger partial charge in [0.15, 0.2) is 22.9 Å². The largest absolute Gasteiger partial charge is 0.504 e. The number of carbonyl (C=O) groups excluding carboxylic acids is 2. The van der Waals surface area contributed by atoms with Crippen LogP contribution < -0.4 is 10.6 Å². The monoisotopic (exact) mass is 321 g/mol. The summed E-state index contributed by atoms with van der Waals surface area (Å²) in [6.45, 7) is 1.92. The van der Waals surface area contributed by atoms with E-state index in [9.17, 15) is 24.9 Å². The number of hydrogen-bond acceptors (Lipinski definition) is 7. The van der Waals surface area contributed by atoms with E-state index in [0.717, 1.165) is 12.1 Å². The van der Waals surface area contributed by atoms with Gasteiger partial charge in [0.25, 0.3) is 11.8 Å². The second kappa shape index (κ2) is 6.69. The molecule has 0 radical (unpaired) electrons. The summed E-state index contributed by atoms with van der Waals surface area (Å²) >= 11 is 0. The molecule has 0 fully saturated rings. The number of amides is 2. The Hall–Kier alpha value is -3.23. The van der Waals surface area contributed by atoms with Gasteiger partial charge in [0.05, 0.1) is 0 Å². The fourth-order valence-electron chi connectivity index (χ4n) is 1.75. The number of aryl methyl sites for hydroxylation is 1. The van der Waals surface area contributed by atoms with Gasteiger partial charge in [0.2, 0.25) is 0 Å². The Morgan fingerprint density at radius 3 is 2.13 bits per heavy atom. The lowest BCUT2D eigenvalue weighted by Crippen LogP contribution is -2.34. The number of benzene rings is 1. The Bertz CT molecular complexity index is 717. The van der Waals surface area contributed by atoms with Crippen molar-refractivity contribution in [3.8, 4) is 17.2 Å². The highest BCUT2D eigenvalue weighted by molar-refractivity contribution is 5.95. The highest BCUT2D eigenvalue weighted by Gasteiger charge is 2.14. The molecule has 0 saturated heterocycles. The predicted molar refractivity (Wildman–Crippen MR) is 77.3 cm³/mol. The summed E-state index contributed by atoms with van der Waals surface area (Å²) in [5.41, 5.74) is 0.110. The van der Waals surface area contributed by atoms with Crippen LogP contribution in [-0.2, 0) is 0 Å². The summed E-state index contributed by atoms with van der Waals surface area (Å²) in [5.74, 6) is -2.42. The third-order valence-electron chi connectivity index (χ3n) is 2.89. The topological polar surface area (TPSA) is 145 Å². The summed E-state index contributed by atoms with van der Waals surface area (Å²) < 4.78 is 4.77. The number of hydrogen-bond donors (Lipinski definition) is 5. The van der Waals surface area contributed by atoms with Gasteiger partial charge >= 0.3 is 0 Å². The molecule has 9 heteroatoms. The summed E-state index contributed by atoms with van der Waals surface area (Å²) in [6, 6.07) is 3.51. The molecule has 0 spiro atoms. The fraction of sp³-hybridized carbons (Fsp3) is 0.214. The summed E-state index contributed by atoms with van der Waals surface area (Å²) in [5, 5.41) is 36.5. The molecule has 1 aromatic heterocycles. The maximum atomic E-state index is 11.8. The number of nitrogens with one attached hydrogen (secondary N) is 2. The maximum absolute atomic E-state index is 11.8. The molecule has 1 heterocycles. The van der Waals surface area contributed by atoms with Crippen LogP contribution in [0.25, 0.3) is 0 Å². The molecule has 23 heavy (non-hydrogen) atoms. The van der Waals surface area contributed by atoms with E-state index in [4.69, 9.17) is 4.52 Å². The maximum Gasteiger partial charge on any atom is 0.273 e. The van der Waals surface area contributed by atoms with E-state index in [1.165, 1.54) is 6.07 Å². The van der Waals surface area contributed by atoms with Crippen molar-refractivity contribution in [2.45, 2.75) is 6.92 Å². The molecule has 0 bridgehead atoms. The SMILES string of the molecule is Cc1cc(C(=O)NCCNC(=O)c2cc(O)c(O)c(O)c2)no1. The van der Waals surface area contributed by atoms with Crippen molar-refractivity contribution in [1.29, 1.82) is 0 Å². The first-order valence-electron chi connectivity index (χ1n) is 6.63. The van der Waals surface area contributed by atoms with E-state index in [1.54, 1.807) is 6.92 Å². The van der Waals surface area contributed by atoms with Crippen LogP contribution in [-0.4, -0.2) is 45.4 Å². The van der Waals surface area contributed by atoms with E-state index in [1.807, 2.05) is 0 Å². The molecule has 2 rings (SSSR count). The van der Waals surface area contributed by atoms with Gasteiger partial charge < -0.3 is 30.5 Å². The molecule has 0 saturated carbocycles. The molecule has 2 amide bonds. The molecule has 0 unspecified atom stereocenters. The Labute approximate surface area is 130 Å². The number of nitrogens with zero attached hydrogens (tertiary/aromatic N) is 1. The summed E-state index contributed by atoms with van der Waals surface area (Å²) in [4.78, 5) is 23.5. The lowest BCUT2D eigenvalue weighted by Gasteiger charge is -2.08. The third kappa shape index (κ3) is 3.90. The lowest BCUT2D eigenvalue weighted by atomic mass is 10.1. The second-order valence-corrected chi connectivity index (χ2v) is 4.70. The zero-order valence-electron chi connectivity index (χ0n) is 12.2. The zero-order chi connectivity index (χ0) is 17.0. The van der Waals surface area contributed by atoms with Gasteiger partial charge in [0.1, 0.15) is 5.76 Å². The Morgan fingerprint density at radius 2 is 1.61 bits per heavy atom. The van der Waals surface area contributed by atoms with Crippen LogP contribution in [0.15, 0.2) is 22.7 Å². The first-order valence-corrected chi connectivity index (χ1v) is 6.63. The van der Waals surface area contributed by atoms with Gasteiger partial charge in [0, 0.05) is 24.7 Å². The minimum Gasteiger partial charge on any atom is -0.504 e. The van der Waals surface area contributed by atoms with Gasteiger partial charge in [-0.25, -0.2) is 0 Å². The Kier molecular flexibility index (Phi) is 4.69. The van der Waals surface area contributed by atoms with E-state index >= 15 is 0 Å². The van der Waals surface area contributed by atoms with Crippen molar-refractivity contribution in [1.82, 2.24) is 15.8 Å². The number of carbonyl (C=O) groups is 2. The van der Waals surface area contributed by atoms with Crippen LogP contribution >= 0.6 is 0 Å². The Balaban J connectivity index is 1.82. The van der Waals surface area contributed by atoms with Gasteiger partial charge in [-0.2, -0.15) is 0 Å². The molecule has 0 aliphatic rings. The lowest BCUT2D eigenvalue weighted by molar-refractivity contribution is 0.0922. The highest BCUT2D eigenvalue weighted by Crippen LogP contribution is 2.35. The van der Waals surface area contributed by atoms with Gasteiger partial charge in [-0.05, 0) is 19.1 Å². The van der Waals surface area contributed by atoms with Crippen molar-refractivity contribution in [2.24, 2.45) is 0 Å². The molecule has 0 aliphatic carbocycles. The number of phenolic OH excluding ortho intramolecular Hbond substituents is 3. The minimum absolute atomic E-state index is 0.0312. The Morgan fingerprint density at radius 1 is 1.04 bits per heavy atom.